The molecule has 0 aromatic carbocycles. The Bertz CT molecular complexity index is 603. The highest BCUT2D eigenvalue weighted by molar-refractivity contribution is 7.89. The third kappa shape index (κ3) is 4.73. The van der Waals surface area contributed by atoms with Gasteiger partial charge in [-0.15, -0.1) is 11.3 Å². The first-order chi connectivity index (χ1) is 11.0. The molecular weight excluding hydrogens is 334 g/mol. The molecule has 2 saturated heterocycles. The summed E-state index contributed by atoms with van der Waals surface area (Å²) in [4.78, 5) is 6.75. The monoisotopic (exact) mass is 359 g/mol. The lowest BCUT2D eigenvalue weighted by Gasteiger charge is -2.34. The van der Waals surface area contributed by atoms with Crippen LogP contribution in [0.4, 0.5) is 0 Å². The standard InChI is InChI=1S/C15H25N3O3S2/c1-13-16-14(11-22-13)10-17-5-7-18(8-6-17)23(19,20)12-15-4-2-3-9-21-15/h11,15H,2-10,12H2,1H3. The van der Waals surface area contributed by atoms with Crippen LogP contribution >= 0.6 is 11.3 Å². The van der Waals surface area contributed by atoms with Gasteiger partial charge in [0.25, 0.3) is 0 Å². The van der Waals surface area contributed by atoms with Gasteiger partial charge in [0.15, 0.2) is 0 Å². The summed E-state index contributed by atoms with van der Waals surface area (Å²) in [5.74, 6) is 0.137. The van der Waals surface area contributed by atoms with Gasteiger partial charge >= 0.3 is 0 Å². The Morgan fingerprint density at radius 2 is 2.09 bits per heavy atom. The number of ether oxygens (including phenoxy) is 1. The highest BCUT2D eigenvalue weighted by atomic mass is 32.2. The Labute approximate surface area is 142 Å². The molecule has 130 valence electrons. The van der Waals surface area contributed by atoms with Gasteiger partial charge in [-0.3, -0.25) is 4.90 Å². The summed E-state index contributed by atoms with van der Waals surface area (Å²) in [6, 6.07) is 0. The number of hydrogen-bond acceptors (Lipinski definition) is 6. The van der Waals surface area contributed by atoms with Crippen molar-refractivity contribution >= 4 is 21.4 Å². The van der Waals surface area contributed by atoms with Crippen molar-refractivity contribution in [1.29, 1.82) is 0 Å². The van der Waals surface area contributed by atoms with Crippen LogP contribution in [-0.2, 0) is 21.3 Å². The van der Waals surface area contributed by atoms with Crippen LogP contribution in [0, 0.1) is 6.92 Å². The molecule has 8 heteroatoms. The van der Waals surface area contributed by atoms with E-state index in [1.807, 2.05) is 6.92 Å². The van der Waals surface area contributed by atoms with Crippen molar-refractivity contribution in [2.75, 3.05) is 38.5 Å². The fourth-order valence-corrected chi connectivity index (χ4v) is 5.42. The molecule has 2 aliphatic heterocycles. The van der Waals surface area contributed by atoms with Crippen LogP contribution in [0.1, 0.15) is 30.0 Å². The summed E-state index contributed by atoms with van der Waals surface area (Å²) in [6.45, 7) is 6.18. The number of rotatable bonds is 5. The molecule has 0 N–H and O–H groups in total. The quantitative estimate of drug-likeness (QED) is 0.797. The van der Waals surface area contributed by atoms with E-state index in [-0.39, 0.29) is 11.9 Å². The Kier molecular flexibility index (Phi) is 5.69. The number of thiazole rings is 1. The number of hydrogen-bond donors (Lipinski definition) is 0. The van der Waals surface area contributed by atoms with Crippen molar-refractivity contribution in [3.8, 4) is 0 Å². The van der Waals surface area contributed by atoms with Gasteiger partial charge in [0.1, 0.15) is 0 Å². The number of aryl methyl sites for hydroxylation is 1. The molecule has 23 heavy (non-hydrogen) atoms. The summed E-state index contributed by atoms with van der Waals surface area (Å²) in [6.07, 6.45) is 2.86. The van der Waals surface area contributed by atoms with Crippen molar-refractivity contribution in [3.05, 3.63) is 16.1 Å². The third-order valence-electron chi connectivity index (χ3n) is 4.45. The predicted molar refractivity (Wildman–Crippen MR) is 91.1 cm³/mol. The van der Waals surface area contributed by atoms with E-state index >= 15 is 0 Å². The molecule has 0 saturated carbocycles. The Morgan fingerprint density at radius 3 is 2.70 bits per heavy atom. The number of sulfonamides is 1. The van der Waals surface area contributed by atoms with Crippen LogP contribution in [0.2, 0.25) is 0 Å². The maximum Gasteiger partial charge on any atom is 0.216 e. The van der Waals surface area contributed by atoms with Gasteiger partial charge in [-0.2, -0.15) is 4.31 Å². The van der Waals surface area contributed by atoms with E-state index < -0.39 is 10.0 Å². The minimum atomic E-state index is -3.21. The predicted octanol–water partition coefficient (Wildman–Crippen LogP) is 1.47. The van der Waals surface area contributed by atoms with Gasteiger partial charge in [0.2, 0.25) is 10.0 Å². The average molecular weight is 360 g/mol. The molecule has 6 nitrogen and oxygen atoms in total. The van der Waals surface area contributed by atoms with Gasteiger partial charge in [0, 0.05) is 44.7 Å². The van der Waals surface area contributed by atoms with Crippen molar-refractivity contribution in [2.24, 2.45) is 0 Å². The second-order valence-corrected chi connectivity index (χ2v) is 9.38. The maximum absolute atomic E-state index is 12.5. The highest BCUT2D eigenvalue weighted by Crippen LogP contribution is 2.18. The van der Waals surface area contributed by atoms with Crippen LogP contribution in [0.25, 0.3) is 0 Å². The second-order valence-electron chi connectivity index (χ2n) is 6.30. The summed E-state index contributed by atoms with van der Waals surface area (Å²) in [7, 11) is -3.21. The Balaban J connectivity index is 1.49. The maximum atomic E-state index is 12.5. The van der Waals surface area contributed by atoms with Gasteiger partial charge < -0.3 is 4.74 Å². The van der Waals surface area contributed by atoms with E-state index in [4.69, 9.17) is 4.74 Å². The van der Waals surface area contributed by atoms with Crippen molar-refractivity contribution in [3.63, 3.8) is 0 Å². The third-order valence-corrected chi connectivity index (χ3v) is 7.21. The molecule has 0 amide bonds. The van der Waals surface area contributed by atoms with E-state index in [9.17, 15) is 8.42 Å². The first kappa shape index (κ1) is 17.3. The zero-order valence-corrected chi connectivity index (χ0v) is 15.2. The molecule has 1 unspecified atom stereocenters. The van der Waals surface area contributed by atoms with E-state index in [0.29, 0.717) is 19.7 Å². The largest absolute Gasteiger partial charge is 0.377 e. The van der Waals surface area contributed by atoms with E-state index in [0.717, 1.165) is 49.6 Å². The number of piperazine rings is 1. The van der Waals surface area contributed by atoms with Gasteiger partial charge in [-0.05, 0) is 26.2 Å². The van der Waals surface area contributed by atoms with Crippen LogP contribution in [0.5, 0.6) is 0 Å². The first-order valence-corrected chi connectivity index (χ1v) is 10.7. The lowest BCUT2D eigenvalue weighted by molar-refractivity contribution is 0.0296. The molecular formula is C15H25N3O3S2. The summed E-state index contributed by atoms with van der Waals surface area (Å²) < 4.78 is 32.3. The highest BCUT2D eigenvalue weighted by Gasteiger charge is 2.30. The van der Waals surface area contributed by atoms with E-state index in [1.54, 1.807) is 15.6 Å². The summed E-state index contributed by atoms with van der Waals surface area (Å²) in [5, 5.41) is 3.16. The van der Waals surface area contributed by atoms with E-state index in [2.05, 4.69) is 15.3 Å². The van der Waals surface area contributed by atoms with E-state index in [1.165, 1.54) is 0 Å². The molecule has 1 aromatic rings. The SMILES string of the molecule is Cc1nc(CN2CCN(S(=O)(=O)CC3CCCCO3)CC2)cs1. The normalized spacial score (nSPS) is 24.8. The van der Waals surface area contributed by atoms with Crippen LogP contribution in [-0.4, -0.2) is 67.2 Å². The molecule has 2 aliphatic rings. The van der Waals surface area contributed by atoms with Gasteiger partial charge in [0.05, 0.1) is 22.6 Å². The second kappa shape index (κ2) is 7.57. The Morgan fingerprint density at radius 1 is 1.30 bits per heavy atom. The minimum Gasteiger partial charge on any atom is -0.377 e. The molecule has 0 aliphatic carbocycles. The molecule has 0 radical (unpaired) electrons. The molecule has 1 aromatic heterocycles. The number of nitrogens with zero attached hydrogens (tertiary/aromatic N) is 3. The first-order valence-electron chi connectivity index (χ1n) is 8.26. The average Bonchev–Trinajstić information content (AvgIpc) is 2.93. The van der Waals surface area contributed by atoms with Crippen molar-refractivity contribution in [2.45, 2.75) is 38.8 Å². The molecule has 3 rings (SSSR count). The zero-order chi connectivity index (χ0) is 16.3. The zero-order valence-electron chi connectivity index (χ0n) is 13.6. The Hall–Kier alpha value is -0.540. The smallest absolute Gasteiger partial charge is 0.216 e. The van der Waals surface area contributed by atoms with Crippen LogP contribution in [0.15, 0.2) is 5.38 Å². The molecule has 0 bridgehead atoms. The van der Waals surface area contributed by atoms with Gasteiger partial charge in [-0.25, -0.2) is 13.4 Å². The molecule has 2 fully saturated rings. The minimum absolute atomic E-state index is 0.121. The lowest BCUT2D eigenvalue weighted by atomic mass is 10.1. The van der Waals surface area contributed by atoms with Crippen LogP contribution in [0.3, 0.4) is 0 Å². The topological polar surface area (TPSA) is 62.7 Å². The lowest BCUT2D eigenvalue weighted by Crippen LogP contribution is -2.50. The summed E-state index contributed by atoms with van der Waals surface area (Å²) in [5.41, 5.74) is 1.08. The van der Waals surface area contributed by atoms with Crippen molar-refractivity contribution in [1.82, 2.24) is 14.2 Å². The molecule has 3 heterocycles. The fourth-order valence-electron chi connectivity index (χ4n) is 3.15. The molecule has 1 atom stereocenters. The molecule has 0 spiro atoms. The summed E-state index contributed by atoms with van der Waals surface area (Å²) >= 11 is 1.66. The number of aromatic nitrogens is 1. The van der Waals surface area contributed by atoms with Crippen molar-refractivity contribution < 1.29 is 13.2 Å². The van der Waals surface area contributed by atoms with Crippen LogP contribution < -0.4 is 0 Å². The fraction of sp³-hybridized carbons (Fsp3) is 0.800. The van der Waals surface area contributed by atoms with Gasteiger partial charge in [-0.1, -0.05) is 0 Å².